The van der Waals surface area contributed by atoms with Gasteiger partial charge in [0.1, 0.15) is 5.76 Å². The van der Waals surface area contributed by atoms with Crippen LogP contribution >= 0.6 is 11.3 Å². The largest absolute Gasteiger partial charge is 0.468 e. The topological polar surface area (TPSA) is 65.7 Å². The lowest BCUT2D eigenvalue weighted by molar-refractivity contribution is 0.146. The highest BCUT2D eigenvalue weighted by atomic mass is 32.1. The maximum atomic E-state index is 5.73. The maximum Gasteiger partial charge on any atom is 0.191 e. The van der Waals surface area contributed by atoms with Gasteiger partial charge in [0.15, 0.2) is 5.96 Å². The number of nitrogens with zero attached hydrogens (tertiary/aromatic N) is 3. The molecule has 0 bridgehead atoms. The van der Waals surface area contributed by atoms with E-state index in [9.17, 15) is 0 Å². The molecule has 2 aromatic rings. The third-order valence-corrected chi connectivity index (χ3v) is 6.34. The Morgan fingerprint density at radius 1 is 1.29 bits per heavy atom. The van der Waals surface area contributed by atoms with Crippen molar-refractivity contribution in [3.63, 3.8) is 0 Å². The molecule has 1 unspecified atom stereocenters. The molecule has 2 aromatic heterocycles. The van der Waals surface area contributed by atoms with Crippen molar-refractivity contribution in [3.05, 3.63) is 40.2 Å². The third-order valence-electron chi connectivity index (χ3n) is 5.02. The fourth-order valence-corrected chi connectivity index (χ4v) is 4.35. The zero-order valence-electron chi connectivity index (χ0n) is 17.5. The highest BCUT2D eigenvalue weighted by molar-refractivity contribution is 7.09. The van der Waals surface area contributed by atoms with Crippen molar-refractivity contribution in [2.24, 2.45) is 4.99 Å². The van der Waals surface area contributed by atoms with Crippen molar-refractivity contribution in [1.82, 2.24) is 20.5 Å². The van der Waals surface area contributed by atoms with E-state index in [-0.39, 0.29) is 11.5 Å². The van der Waals surface area contributed by atoms with E-state index in [2.05, 4.69) is 52.7 Å². The van der Waals surface area contributed by atoms with Crippen LogP contribution in [0.4, 0.5) is 0 Å². The monoisotopic (exact) mass is 403 g/mol. The Morgan fingerprint density at radius 2 is 2.07 bits per heavy atom. The number of guanidine groups is 1. The molecule has 1 aliphatic heterocycles. The zero-order valence-corrected chi connectivity index (χ0v) is 18.3. The minimum Gasteiger partial charge on any atom is -0.468 e. The number of aromatic nitrogens is 1. The smallest absolute Gasteiger partial charge is 0.191 e. The maximum absolute atomic E-state index is 5.73. The molecule has 0 aliphatic carbocycles. The fourth-order valence-electron chi connectivity index (χ4n) is 3.44. The molecule has 3 heterocycles. The van der Waals surface area contributed by atoms with Crippen LogP contribution in [0.3, 0.4) is 0 Å². The van der Waals surface area contributed by atoms with E-state index in [1.807, 2.05) is 6.07 Å². The van der Waals surface area contributed by atoms with E-state index in [0.29, 0.717) is 6.54 Å². The van der Waals surface area contributed by atoms with Crippen molar-refractivity contribution < 1.29 is 4.42 Å². The molecule has 154 valence electrons. The van der Waals surface area contributed by atoms with Crippen LogP contribution in [0, 0.1) is 0 Å². The summed E-state index contributed by atoms with van der Waals surface area (Å²) in [4.78, 5) is 11.6. The predicted octanol–water partition coefficient (Wildman–Crippen LogP) is 3.93. The molecule has 0 saturated carbocycles. The first kappa shape index (κ1) is 20.9. The average Bonchev–Trinajstić information content (AvgIpc) is 3.37. The van der Waals surface area contributed by atoms with Crippen LogP contribution in [-0.2, 0) is 12.0 Å². The van der Waals surface area contributed by atoms with Crippen LogP contribution in [0.2, 0.25) is 0 Å². The molecule has 0 aromatic carbocycles. The quantitative estimate of drug-likeness (QED) is 0.565. The third kappa shape index (κ3) is 5.58. The number of nitrogens with one attached hydrogen (secondary N) is 2. The average molecular weight is 404 g/mol. The van der Waals surface area contributed by atoms with Crippen LogP contribution < -0.4 is 10.6 Å². The van der Waals surface area contributed by atoms with Gasteiger partial charge in [-0.3, -0.25) is 9.89 Å². The molecule has 7 heteroatoms. The summed E-state index contributed by atoms with van der Waals surface area (Å²) in [5, 5.41) is 10.2. The first-order valence-corrected chi connectivity index (χ1v) is 11.0. The summed E-state index contributed by atoms with van der Waals surface area (Å²) >= 11 is 1.72. The number of likely N-dealkylation sites (tertiary alicyclic amines) is 1. The van der Waals surface area contributed by atoms with Gasteiger partial charge in [-0.15, -0.1) is 11.3 Å². The Morgan fingerprint density at radius 3 is 2.68 bits per heavy atom. The Kier molecular flexibility index (Phi) is 7.13. The molecule has 1 aliphatic rings. The Balaban J connectivity index is 1.56. The normalized spacial score (nSPS) is 17.5. The summed E-state index contributed by atoms with van der Waals surface area (Å²) in [6, 6.07) is 4.26. The summed E-state index contributed by atoms with van der Waals surface area (Å²) in [6.45, 7) is 10.2. The molecule has 0 amide bonds. The van der Waals surface area contributed by atoms with Crippen molar-refractivity contribution in [2.45, 2.75) is 58.0 Å². The van der Waals surface area contributed by atoms with Gasteiger partial charge >= 0.3 is 0 Å². The van der Waals surface area contributed by atoms with E-state index >= 15 is 0 Å². The number of rotatable bonds is 6. The van der Waals surface area contributed by atoms with Crippen LogP contribution in [-0.4, -0.2) is 42.5 Å². The second-order valence-corrected chi connectivity index (χ2v) is 9.19. The Bertz CT molecular complexity index is 741. The van der Waals surface area contributed by atoms with E-state index in [1.54, 1.807) is 24.6 Å². The number of furan rings is 1. The van der Waals surface area contributed by atoms with E-state index in [4.69, 9.17) is 9.40 Å². The minimum absolute atomic E-state index is 0.0908. The van der Waals surface area contributed by atoms with Gasteiger partial charge in [-0.1, -0.05) is 27.2 Å². The molecule has 28 heavy (non-hydrogen) atoms. The van der Waals surface area contributed by atoms with Gasteiger partial charge in [0.05, 0.1) is 29.6 Å². The van der Waals surface area contributed by atoms with Gasteiger partial charge in [0, 0.05) is 24.4 Å². The molecule has 1 atom stereocenters. The Labute approximate surface area is 172 Å². The van der Waals surface area contributed by atoms with Gasteiger partial charge in [0.2, 0.25) is 0 Å². The molecule has 3 rings (SSSR count). The van der Waals surface area contributed by atoms with Gasteiger partial charge in [0.25, 0.3) is 0 Å². The summed E-state index contributed by atoms with van der Waals surface area (Å²) in [6.07, 6.45) is 5.59. The van der Waals surface area contributed by atoms with Crippen molar-refractivity contribution in [1.29, 1.82) is 0 Å². The van der Waals surface area contributed by atoms with Gasteiger partial charge in [-0.25, -0.2) is 4.98 Å². The van der Waals surface area contributed by atoms with Gasteiger partial charge in [-0.05, 0) is 38.1 Å². The molecular weight excluding hydrogens is 370 g/mol. The molecule has 0 spiro atoms. The van der Waals surface area contributed by atoms with Crippen LogP contribution in [0.15, 0.2) is 33.2 Å². The summed E-state index contributed by atoms with van der Waals surface area (Å²) < 4.78 is 5.73. The highest BCUT2D eigenvalue weighted by Gasteiger charge is 2.24. The summed E-state index contributed by atoms with van der Waals surface area (Å²) in [5.74, 6) is 1.80. The van der Waals surface area contributed by atoms with Crippen molar-refractivity contribution >= 4 is 17.3 Å². The lowest BCUT2D eigenvalue weighted by atomic mass is 9.98. The van der Waals surface area contributed by atoms with Crippen LogP contribution in [0.5, 0.6) is 0 Å². The lowest BCUT2D eigenvalue weighted by Gasteiger charge is -2.33. The van der Waals surface area contributed by atoms with E-state index in [1.165, 1.54) is 19.3 Å². The minimum atomic E-state index is 0.0908. The summed E-state index contributed by atoms with van der Waals surface area (Å²) in [7, 11) is 1.81. The SMILES string of the molecule is CN=C(NCc1csc(C(C)(C)C)n1)NCC(c1ccco1)N1CCCCC1. The highest BCUT2D eigenvalue weighted by Crippen LogP contribution is 2.26. The second-order valence-electron chi connectivity index (χ2n) is 8.33. The molecule has 6 nitrogen and oxygen atoms in total. The zero-order chi connectivity index (χ0) is 20.0. The van der Waals surface area contributed by atoms with E-state index in [0.717, 1.165) is 42.1 Å². The molecule has 2 N–H and O–H groups in total. The van der Waals surface area contributed by atoms with Crippen molar-refractivity contribution in [3.8, 4) is 0 Å². The second kappa shape index (κ2) is 9.56. The fraction of sp³-hybridized carbons (Fsp3) is 0.619. The molecule has 1 saturated heterocycles. The summed E-state index contributed by atoms with van der Waals surface area (Å²) in [5.41, 5.74) is 1.14. The molecule has 1 fully saturated rings. The predicted molar refractivity (Wildman–Crippen MR) is 116 cm³/mol. The molecular formula is C21H33N5OS. The van der Waals surface area contributed by atoms with Gasteiger partial charge in [-0.2, -0.15) is 0 Å². The van der Waals surface area contributed by atoms with Crippen LogP contribution in [0.25, 0.3) is 0 Å². The Hall–Kier alpha value is -1.86. The first-order chi connectivity index (χ1) is 13.5. The number of thiazole rings is 1. The standard InChI is InChI=1S/C21H33N5OS/c1-21(2,3)19-25-16(15-28-19)13-23-20(22-4)24-14-17(18-9-8-12-27-18)26-10-6-5-7-11-26/h8-9,12,15,17H,5-7,10-11,13-14H2,1-4H3,(H2,22,23,24). The number of hydrogen-bond donors (Lipinski definition) is 2. The lowest BCUT2D eigenvalue weighted by Crippen LogP contribution is -2.44. The number of hydrogen-bond acceptors (Lipinski definition) is 5. The number of piperidine rings is 1. The molecule has 0 radical (unpaired) electrons. The van der Waals surface area contributed by atoms with Gasteiger partial charge < -0.3 is 15.1 Å². The first-order valence-electron chi connectivity index (χ1n) is 10.1. The number of aliphatic imine (C=N–C) groups is 1. The van der Waals surface area contributed by atoms with E-state index < -0.39 is 0 Å². The van der Waals surface area contributed by atoms with Crippen molar-refractivity contribution in [2.75, 3.05) is 26.7 Å². The van der Waals surface area contributed by atoms with Crippen LogP contribution in [0.1, 0.15) is 62.5 Å².